The lowest BCUT2D eigenvalue weighted by molar-refractivity contribution is 0.588. The number of rotatable bonds is 1. The van der Waals surface area contributed by atoms with E-state index in [4.69, 9.17) is 0 Å². The van der Waals surface area contributed by atoms with E-state index in [1.165, 1.54) is 12.4 Å². The van der Waals surface area contributed by atoms with Crippen LogP contribution in [-0.2, 0) is 10.2 Å². The first-order valence-electron chi connectivity index (χ1n) is 2.05. The Bertz CT molecular complexity index is 274. The molecular weight excluding hydrogens is 142 g/mol. The van der Waals surface area contributed by atoms with Crippen LogP contribution in [0.1, 0.15) is 0 Å². The van der Waals surface area contributed by atoms with Crippen molar-refractivity contribution in [2.75, 3.05) is 0 Å². The van der Waals surface area contributed by atoms with E-state index >= 15 is 0 Å². The highest BCUT2D eigenvalue weighted by atomic mass is 32.2. The van der Waals surface area contributed by atoms with Crippen molar-refractivity contribution in [1.82, 2.24) is 8.96 Å². The summed E-state index contributed by atoms with van der Waals surface area (Å²) in [6.45, 7) is 0. The van der Waals surface area contributed by atoms with Crippen molar-refractivity contribution in [3.8, 4) is 0 Å². The number of imidazole rings is 1. The topological polar surface area (TPSA) is 78.0 Å². The van der Waals surface area contributed by atoms with Crippen LogP contribution in [0.4, 0.5) is 0 Å². The first-order valence-corrected chi connectivity index (χ1v) is 3.55. The zero-order chi connectivity index (χ0) is 6.91. The van der Waals surface area contributed by atoms with E-state index in [1.807, 2.05) is 0 Å². The molecule has 0 amide bonds. The van der Waals surface area contributed by atoms with E-state index in [0.29, 0.717) is 3.97 Å². The Hall–Kier alpha value is -0.880. The summed E-state index contributed by atoms with van der Waals surface area (Å²) in [4.78, 5) is 3.37. The van der Waals surface area contributed by atoms with Gasteiger partial charge in [-0.05, 0) is 0 Å². The average molecular weight is 146 g/mol. The number of hydrogen-bond acceptors (Lipinski definition) is 3. The molecular formula is C3H4N3O2S. The van der Waals surface area contributed by atoms with E-state index in [1.54, 1.807) is 0 Å². The van der Waals surface area contributed by atoms with Crippen molar-refractivity contribution in [2.45, 2.75) is 0 Å². The van der Waals surface area contributed by atoms with Gasteiger partial charge in [0.1, 0.15) is 0 Å². The maximum absolute atomic E-state index is 10.4. The minimum atomic E-state index is -3.66. The number of aromatic nitrogens is 2. The number of nitrogens with zero attached hydrogens (tertiary/aromatic N) is 2. The zero-order valence-corrected chi connectivity index (χ0v) is 5.17. The highest BCUT2D eigenvalue weighted by molar-refractivity contribution is 7.87. The molecule has 0 fully saturated rings. The number of nitrogens with two attached hydrogens (primary N) is 1. The van der Waals surface area contributed by atoms with Gasteiger partial charge in [0, 0.05) is 12.4 Å². The van der Waals surface area contributed by atoms with E-state index in [-0.39, 0.29) is 0 Å². The molecule has 0 aliphatic carbocycles. The minimum Gasteiger partial charge on any atom is -0.233 e. The van der Waals surface area contributed by atoms with Crippen LogP contribution in [0.5, 0.6) is 0 Å². The predicted molar refractivity (Wildman–Crippen MR) is 29.6 cm³/mol. The molecule has 0 spiro atoms. The lowest BCUT2D eigenvalue weighted by atomic mass is 11.0. The summed E-state index contributed by atoms with van der Waals surface area (Å²) in [5.74, 6) is 0. The van der Waals surface area contributed by atoms with Gasteiger partial charge in [0.05, 0.1) is 0 Å². The molecule has 1 heterocycles. The molecule has 1 aromatic heterocycles. The molecule has 0 unspecified atom stereocenters. The Kier molecular flexibility index (Phi) is 1.26. The second-order valence-corrected chi connectivity index (χ2v) is 2.79. The van der Waals surface area contributed by atoms with Crippen LogP contribution < -0.4 is 5.14 Å². The van der Waals surface area contributed by atoms with Crippen molar-refractivity contribution in [2.24, 2.45) is 5.14 Å². The van der Waals surface area contributed by atoms with Gasteiger partial charge < -0.3 is 0 Å². The van der Waals surface area contributed by atoms with Crippen LogP contribution in [0.3, 0.4) is 0 Å². The van der Waals surface area contributed by atoms with E-state index < -0.39 is 10.2 Å². The van der Waals surface area contributed by atoms with Crippen LogP contribution in [0, 0.1) is 6.33 Å². The lowest BCUT2D eigenvalue weighted by Gasteiger charge is -1.91. The molecule has 49 valence electrons. The smallest absolute Gasteiger partial charge is 0.233 e. The molecule has 0 bridgehead atoms. The Morgan fingerprint density at radius 3 is 2.56 bits per heavy atom. The van der Waals surface area contributed by atoms with E-state index in [0.717, 1.165) is 0 Å². The minimum absolute atomic E-state index is 0.701. The second kappa shape index (κ2) is 1.82. The fourth-order valence-corrected chi connectivity index (χ4v) is 0.744. The van der Waals surface area contributed by atoms with Gasteiger partial charge in [-0.2, -0.15) is 8.42 Å². The summed E-state index contributed by atoms with van der Waals surface area (Å²) >= 11 is 0. The Labute approximate surface area is 52.3 Å². The molecule has 1 rings (SSSR count). The standard InChI is InChI=1S/C3H4N3O2S/c4-9(7,8)6-2-1-5-3-6/h1-2H,(H2,4,7,8). The first kappa shape index (κ1) is 6.24. The van der Waals surface area contributed by atoms with Gasteiger partial charge in [0.25, 0.3) is 0 Å². The molecule has 9 heavy (non-hydrogen) atoms. The average Bonchev–Trinajstić information content (AvgIpc) is 2.08. The van der Waals surface area contributed by atoms with Crippen molar-refractivity contribution in [1.29, 1.82) is 0 Å². The summed E-state index contributed by atoms with van der Waals surface area (Å²) in [5, 5.41) is 4.67. The maximum Gasteiger partial charge on any atom is 0.304 e. The zero-order valence-electron chi connectivity index (χ0n) is 4.35. The van der Waals surface area contributed by atoms with Crippen molar-refractivity contribution in [3.63, 3.8) is 0 Å². The van der Waals surface area contributed by atoms with Gasteiger partial charge in [-0.3, -0.25) is 0 Å². The summed E-state index contributed by atoms with van der Waals surface area (Å²) < 4.78 is 21.4. The molecule has 1 aromatic rings. The van der Waals surface area contributed by atoms with Crippen molar-refractivity contribution >= 4 is 10.2 Å². The van der Waals surface area contributed by atoms with Gasteiger partial charge in [0.2, 0.25) is 0 Å². The van der Waals surface area contributed by atoms with E-state index in [9.17, 15) is 8.42 Å². The summed E-state index contributed by atoms with van der Waals surface area (Å²) in [6.07, 6.45) is 4.62. The molecule has 0 saturated carbocycles. The Morgan fingerprint density at radius 1 is 1.67 bits per heavy atom. The van der Waals surface area contributed by atoms with Gasteiger partial charge >= 0.3 is 10.2 Å². The summed E-state index contributed by atoms with van der Waals surface area (Å²) in [7, 11) is -3.66. The van der Waals surface area contributed by atoms with Gasteiger partial charge in [-0.1, -0.05) is 0 Å². The monoisotopic (exact) mass is 146 g/mol. The third-order valence-electron chi connectivity index (χ3n) is 0.707. The third-order valence-corrected chi connectivity index (χ3v) is 1.46. The van der Waals surface area contributed by atoms with Crippen LogP contribution in [0.25, 0.3) is 0 Å². The molecule has 0 saturated heterocycles. The molecule has 5 nitrogen and oxygen atoms in total. The lowest BCUT2D eigenvalue weighted by Crippen LogP contribution is -2.20. The predicted octanol–water partition coefficient (Wildman–Crippen LogP) is -1.27. The summed E-state index contributed by atoms with van der Waals surface area (Å²) in [6, 6.07) is 0. The van der Waals surface area contributed by atoms with Crippen molar-refractivity contribution < 1.29 is 8.42 Å². The van der Waals surface area contributed by atoms with E-state index in [2.05, 4.69) is 16.5 Å². The molecule has 1 radical (unpaired) electrons. The largest absolute Gasteiger partial charge is 0.304 e. The Morgan fingerprint density at radius 2 is 2.33 bits per heavy atom. The fraction of sp³-hybridized carbons (Fsp3) is 0. The van der Waals surface area contributed by atoms with Gasteiger partial charge in [-0.15, -0.1) is 0 Å². The summed E-state index contributed by atoms with van der Waals surface area (Å²) in [5.41, 5.74) is 0. The highest BCUT2D eigenvalue weighted by Crippen LogP contribution is 1.85. The first-order chi connectivity index (χ1) is 4.11. The Balaban J connectivity index is 3.20. The van der Waals surface area contributed by atoms with Crippen LogP contribution in [0.2, 0.25) is 0 Å². The SMILES string of the molecule is NS(=O)(=O)n1[c]ncc1. The molecule has 0 atom stereocenters. The van der Waals surface area contributed by atoms with Gasteiger partial charge in [-0.25, -0.2) is 14.1 Å². The van der Waals surface area contributed by atoms with Gasteiger partial charge in [0.15, 0.2) is 6.33 Å². The number of hydrogen-bond donors (Lipinski definition) is 1. The quantitative estimate of drug-likeness (QED) is 0.536. The highest BCUT2D eigenvalue weighted by Gasteiger charge is 2.01. The third kappa shape index (κ3) is 1.27. The fourth-order valence-electron chi connectivity index (χ4n) is 0.359. The maximum atomic E-state index is 10.4. The molecule has 6 heteroatoms. The molecule has 2 N–H and O–H groups in total. The molecule has 0 aromatic carbocycles. The normalized spacial score (nSPS) is 11.7. The molecule has 0 aliphatic rings. The van der Waals surface area contributed by atoms with Crippen LogP contribution in [0.15, 0.2) is 12.4 Å². The van der Waals surface area contributed by atoms with Crippen LogP contribution >= 0.6 is 0 Å². The van der Waals surface area contributed by atoms with Crippen molar-refractivity contribution in [3.05, 3.63) is 18.7 Å². The second-order valence-electron chi connectivity index (χ2n) is 1.37. The van der Waals surface area contributed by atoms with Crippen LogP contribution in [-0.4, -0.2) is 17.4 Å². The molecule has 0 aliphatic heterocycles.